The number of hydrogen-bond acceptors (Lipinski definition) is 14. The van der Waals surface area contributed by atoms with E-state index < -0.39 is 23.1 Å². The summed E-state index contributed by atoms with van der Waals surface area (Å²) in [5, 5.41) is 64.3. The summed E-state index contributed by atoms with van der Waals surface area (Å²) in [6.45, 7) is 3.43. The van der Waals surface area contributed by atoms with Gasteiger partial charge in [0, 0.05) is 48.0 Å². The number of nitrogens with one attached hydrogen (secondary N) is 5. The third-order valence-corrected chi connectivity index (χ3v) is 11.6. The fourth-order valence-electron chi connectivity index (χ4n) is 8.13. The van der Waals surface area contributed by atoms with Crippen LogP contribution in [0.2, 0.25) is 0 Å². The number of likely N-dealkylation sites (N-methyl/N-ethyl adjacent to an activating group) is 2. The zero-order valence-electron chi connectivity index (χ0n) is 38.7. The molecule has 0 aliphatic heterocycles. The summed E-state index contributed by atoms with van der Waals surface area (Å²) < 4.78 is 1.35. The number of nitrogens with zero attached hydrogens (tertiary/aromatic N) is 3. The molecule has 2 aliphatic carbocycles. The predicted molar refractivity (Wildman–Crippen MR) is 258 cm³/mol. The molecular weight excluding hydrogens is 843 g/mol. The maximum absolute atomic E-state index is 13.9. The Bertz CT molecular complexity index is 2610. The van der Waals surface area contributed by atoms with Crippen molar-refractivity contribution in [3.63, 3.8) is 0 Å². The standard InChI is InChI=1S/C49H61N9O8/c1-57(2,3)26-24-54-31-15-19-35(61)44-40(31)48(65)42-33(59)17-13-29(38(42)46(44)63)52-21-9-11-28(50)10-7-8-12-37(51)56-23-22-53-30-14-18-34(60)43-39(30)47(64)45-36(62)20-16-32(41(45)49(43)66)55-25-27-58(4,5)6/h13-20,50H,7-12,21-27H2,1-6H3,(H8-2,51,52,53,54,55,56,59,60,61,62,63,64,65,66)/p+2. The van der Waals surface area contributed by atoms with Crippen LogP contribution in [0.25, 0.3) is 0 Å². The first kappa shape index (κ1) is 48.5. The lowest BCUT2D eigenvalue weighted by Crippen LogP contribution is -2.38. The number of hydrogen-bond donors (Lipinski definition) is 10. The molecule has 11 N–H and O–H groups in total. The Morgan fingerprint density at radius 3 is 1.17 bits per heavy atom. The number of carbonyl (C=O) groups is 4. The fraction of sp³-hybridized carbons (Fsp3) is 0.388. The van der Waals surface area contributed by atoms with Crippen LogP contribution in [0.15, 0.2) is 53.5 Å². The molecule has 0 bridgehead atoms. The Morgan fingerprint density at radius 2 is 0.803 bits per heavy atom. The quantitative estimate of drug-likeness (QED) is 0.0132. The predicted octanol–water partition coefficient (Wildman–Crippen LogP) is 5.54. The number of unbranched alkanes of at least 4 members (excludes halogenated alkanes) is 1. The van der Waals surface area contributed by atoms with Gasteiger partial charge in [0.1, 0.15) is 23.0 Å². The zero-order valence-corrected chi connectivity index (χ0v) is 38.7. The highest BCUT2D eigenvalue weighted by atomic mass is 16.3. The highest BCUT2D eigenvalue weighted by molar-refractivity contribution is 6.34. The molecule has 6 rings (SSSR count). The molecule has 2 aliphatic rings. The molecule has 66 heavy (non-hydrogen) atoms. The normalized spacial score (nSPS) is 13.5. The van der Waals surface area contributed by atoms with Gasteiger partial charge in [-0.2, -0.15) is 0 Å². The lowest BCUT2D eigenvalue weighted by Gasteiger charge is -2.26. The molecule has 0 saturated carbocycles. The second-order valence-electron chi connectivity index (χ2n) is 18.9. The number of aliphatic imine (C=N–C) groups is 1. The summed E-state index contributed by atoms with van der Waals surface area (Å²) >= 11 is 0. The molecule has 0 saturated heterocycles. The van der Waals surface area contributed by atoms with E-state index in [1.807, 2.05) is 42.3 Å². The minimum atomic E-state index is -0.581. The fourth-order valence-corrected chi connectivity index (χ4v) is 8.13. The largest absolute Gasteiger partial charge is 0.507 e. The Kier molecular flexibility index (Phi) is 14.7. The summed E-state index contributed by atoms with van der Waals surface area (Å²) in [6.07, 6.45) is 3.57. The number of quaternary nitrogens is 2. The molecule has 0 aromatic heterocycles. The average Bonchev–Trinajstić information content (AvgIpc) is 3.24. The van der Waals surface area contributed by atoms with Crippen molar-refractivity contribution in [1.29, 1.82) is 5.41 Å². The zero-order chi connectivity index (χ0) is 48.1. The number of ketones is 4. The number of nitrogens with two attached hydrogens (primary N) is 1. The molecule has 0 unspecified atom stereocenters. The molecule has 0 atom stereocenters. The molecule has 17 heteroatoms. The van der Waals surface area contributed by atoms with E-state index in [4.69, 9.17) is 11.1 Å². The van der Waals surface area contributed by atoms with E-state index in [0.717, 1.165) is 19.5 Å². The van der Waals surface area contributed by atoms with Crippen LogP contribution in [0, 0.1) is 5.41 Å². The number of anilines is 4. The van der Waals surface area contributed by atoms with Crippen molar-refractivity contribution >= 4 is 57.4 Å². The van der Waals surface area contributed by atoms with E-state index in [1.54, 1.807) is 12.1 Å². The third kappa shape index (κ3) is 10.9. The maximum Gasteiger partial charge on any atom is 0.200 e. The molecule has 0 heterocycles. The Labute approximate surface area is 385 Å². The summed E-state index contributed by atoms with van der Waals surface area (Å²) in [5.41, 5.74) is 7.82. The highest BCUT2D eigenvalue weighted by Crippen LogP contribution is 2.44. The number of benzene rings is 4. The van der Waals surface area contributed by atoms with Crippen molar-refractivity contribution in [2.45, 2.75) is 38.5 Å². The monoisotopic (exact) mass is 905 g/mol. The van der Waals surface area contributed by atoms with Gasteiger partial charge in [0.25, 0.3) is 0 Å². The van der Waals surface area contributed by atoms with Crippen LogP contribution in [0.3, 0.4) is 0 Å². The summed E-state index contributed by atoms with van der Waals surface area (Å²) in [6, 6.07) is 11.7. The van der Waals surface area contributed by atoms with Crippen molar-refractivity contribution in [2.24, 2.45) is 10.7 Å². The van der Waals surface area contributed by atoms with Gasteiger partial charge < -0.3 is 61.8 Å². The SMILES string of the molecule is C[N+](C)(C)CCNc1ccc(O)c2c1C(=O)c1c(O)ccc(NCCCC(=N)CCCCC(N)=NCCNc3ccc(O)c4c3C(=O)c3c(O)ccc(NCC[N+](C)(C)C)c3C4=O)c1C2=O. The average molecular weight is 906 g/mol. The van der Waals surface area contributed by atoms with Gasteiger partial charge in [-0.1, -0.05) is 0 Å². The summed E-state index contributed by atoms with van der Waals surface area (Å²) in [4.78, 5) is 59.9. The van der Waals surface area contributed by atoms with Crippen LogP contribution in [0.1, 0.15) is 102 Å². The lowest BCUT2D eigenvalue weighted by atomic mass is 9.81. The van der Waals surface area contributed by atoms with Crippen molar-refractivity contribution < 1.29 is 48.6 Å². The van der Waals surface area contributed by atoms with E-state index in [-0.39, 0.29) is 80.6 Å². The number of aromatic hydroxyl groups is 4. The van der Waals surface area contributed by atoms with E-state index in [9.17, 15) is 39.6 Å². The second-order valence-corrected chi connectivity index (χ2v) is 18.9. The smallest absolute Gasteiger partial charge is 0.200 e. The Hall–Kier alpha value is -6.98. The lowest BCUT2D eigenvalue weighted by molar-refractivity contribution is -0.868. The Morgan fingerprint density at radius 1 is 0.485 bits per heavy atom. The number of carbonyl (C=O) groups excluding carboxylic acids is 4. The minimum Gasteiger partial charge on any atom is -0.507 e. The molecule has 350 valence electrons. The van der Waals surface area contributed by atoms with Crippen LogP contribution in [-0.2, 0) is 0 Å². The first-order valence-electron chi connectivity index (χ1n) is 22.2. The molecule has 4 aromatic rings. The van der Waals surface area contributed by atoms with Crippen molar-refractivity contribution in [3.05, 3.63) is 93.0 Å². The second kappa shape index (κ2) is 20.0. The van der Waals surface area contributed by atoms with E-state index in [0.29, 0.717) is 95.0 Å². The van der Waals surface area contributed by atoms with Crippen LogP contribution >= 0.6 is 0 Å². The highest BCUT2D eigenvalue weighted by Gasteiger charge is 2.39. The van der Waals surface area contributed by atoms with Gasteiger partial charge in [0.2, 0.25) is 23.1 Å². The molecule has 4 aromatic carbocycles. The van der Waals surface area contributed by atoms with Gasteiger partial charge in [-0.3, -0.25) is 24.2 Å². The first-order valence-corrected chi connectivity index (χ1v) is 22.2. The van der Waals surface area contributed by atoms with Gasteiger partial charge in [-0.15, -0.1) is 0 Å². The topological polar surface area (TPSA) is 260 Å². The third-order valence-electron chi connectivity index (χ3n) is 11.6. The van der Waals surface area contributed by atoms with Crippen LogP contribution in [0.5, 0.6) is 23.0 Å². The minimum absolute atomic E-state index is 0.00279. The maximum atomic E-state index is 13.9. The molecule has 0 fully saturated rings. The number of fused-ring (bicyclic) bond motifs is 4. The molecule has 0 radical (unpaired) electrons. The van der Waals surface area contributed by atoms with Crippen molar-refractivity contribution in [3.8, 4) is 23.0 Å². The molecule has 0 spiro atoms. The Balaban J connectivity index is 0.957. The summed E-state index contributed by atoms with van der Waals surface area (Å²) in [5.74, 6) is -3.13. The van der Waals surface area contributed by atoms with E-state index >= 15 is 0 Å². The van der Waals surface area contributed by atoms with Crippen LogP contribution in [-0.4, -0.2) is 152 Å². The van der Waals surface area contributed by atoms with E-state index in [2.05, 4.69) is 26.3 Å². The molecule has 0 amide bonds. The molecular formula is C49H63N9O8+2. The number of phenolic OH excluding ortho intramolecular Hbond substituents is 4. The van der Waals surface area contributed by atoms with Gasteiger partial charge in [-0.05, 0) is 80.6 Å². The summed E-state index contributed by atoms with van der Waals surface area (Å²) in [7, 11) is 12.2. The van der Waals surface area contributed by atoms with Gasteiger partial charge >= 0.3 is 0 Å². The molecule has 17 nitrogen and oxygen atoms in total. The van der Waals surface area contributed by atoms with Gasteiger partial charge in [-0.25, -0.2) is 0 Å². The first-order chi connectivity index (χ1) is 31.2. The van der Waals surface area contributed by atoms with E-state index in [1.165, 1.54) is 36.4 Å². The number of amidine groups is 1. The van der Waals surface area contributed by atoms with Crippen molar-refractivity contribution in [2.75, 3.05) is 109 Å². The number of rotatable bonds is 22. The number of phenols is 4. The van der Waals surface area contributed by atoms with Crippen molar-refractivity contribution in [1.82, 2.24) is 0 Å². The van der Waals surface area contributed by atoms with Gasteiger partial charge in [0.15, 0.2) is 0 Å². The van der Waals surface area contributed by atoms with Gasteiger partial charge in [0.05, 0.1) is 125 Å². The van der Waals surface area contributed by atoms with Crippen LogP contribution in [0.4, 0.5) is 22.7 Å². The van der Waals surface area contributed by atoms with Crippen LogP contribution < -0.4 is 27.0 Å².